The summed E-state index contributed by atoms with van der Waals surface area (Å²) < 4.78 is 6.10. The van der Waals surface area contributed by atoms with Crippen LogP contribution < -0.4 is 0 Å². The van der Waals surface area contributed by atoms with Crippen LogP contribution in [0.25, 0.3) is 0 Å². The molecular weight excluding hydrogens is 186 g/mol. The molecule has 1 aliphatic heterocycles. The first kappa shape index (κ1) is 11.4. The van der Waals surface area contributed by atoms with Gasteiger partial charge in [-0.05, 0) is 60.4 Å². The second-order valence-corrected chi connectivity index (χ2v) is 6.55. The van der Waals surface area contributed by atoms with Gasteiger partial charge in [-0.1, -0.05) is 0 Å². The lowest BCUT2D eigenvalue weighted by Crippen LogP contribution is -2.60. The number of ether oxygens (including phenoxy) is 1. The van der Waals surface area contributed by atoms with Crippen molar-refractivity contribution in [2.24, 2.45) is 0 Å². The molecule has 0 aromatic carbocycles. The largest absolute Gasteiger partial charge is 0.375 e. The maximum Gasteiger partial charge on any atom is 0.0613 e. The van der Waals surface area contributed by atoms with E-state index in [9.17, 15) is 0 Å². The molecule has 0 atom stereocenters. The molecule has 2 nitrogen and oxygen atoms in total. The minimum absolute atomic E-state index is 0.265. The molecule has 15 heavy (non-hydrogen) atoms. The highest BCUT2D eigenvalue weighted by Gasteiger charge is 2.44. The van der Waals surface area contributed by atoms with Gasteiger partial charge in [0.1, 0.15) is 0 Å². The lowest BCUT2D eigenvalue weighted by Gasteiger charge is -2.53. The van der Waals surface area contributed by atoms with Crippen LogP contribution in [-0.4, -0.2) is 35.2 Å². The molecule has 1 heterocycles. The van der Waals surface area contributed by atoms with E-state index in [-0.39, 0.29) is 11.1 Å². The normalized spacial score (nSPS) is 31.8. The Labute approximate surface area is 94.0 Å². The predicted octanol–water partition coefficient (Wildman–Crippen LogP) is 2.82. The smallest absolute Gasteiger partial charge is 0.0613 e. The van der Waals surface area contributed by atoms with E-state index in [0.717, 1.165) is 0 Å². The van der Waals surface area contributed by atoms with Gasteiger partial charge >= 0.3 is 0 Å². The first-order chi connectivity index (χ1) is 6.81. The highest BCUT2D eigenvalue weighted by molar-refractivity contribution is 4.99. The molecule has 0 aromatic rings. The van der Waals surface area contributed by atoms with E-state index >= 15 is 0 Å². The zero-order chi connectivity index (χ0) is 11.3. The fraction of sp³-hybridized carbons (Fsp3) is 1.00. The molecule has 2 heteroatoms. The minimum Gasteiger partial charge on any atom is -0.375 e. The average Bonchev–Trinajstić information content (AvgIpc) is 2.82. The fourth-order valence-electron chi connectivity index (χ4n) is 2.85. The van der Waals surface area contributed by atoms with Crippen molar-refractivity contribution in [3.05, 3.63) is 0 Å². The van der Waals surface area contributed by atoms with E-state index in [1.54, 1.807) is 0 Å². The van der Waals surface area contributed by atoms with Crippen LogP contribution in [0.5, 0.6) is 0 Å². The summed E-state index contributed by atoms with van der Waals surface area (Å²) in [6, 6.07) is 0. The van der Waals surface area contributed by atoms with Gasteiger partial charge < -0.3 is 4.74 Å². The molecule has 0 aromatic heterocycles. The van der Waals surface area contributed by atoms with Crippen LogP contribution in [0.2, 0.25) is 0 Å². The van der Waals surface area contributed by atoms with Crippen molar-refractivity contribution in [2.75, 3.05) is 7.05 Å². The lowest BCUT2D eigenvalue weighted by molar-refractivity contribution is -0.0961. The first-order valence-electron chi connectivity index (χ1n) is 6.21. The van der Waals surface area contributed by atoms with Gasteiger partial charge in [0.25, 0.3) is 0 Å². The van der Waals surface area contributed by atoms with Gasteiger partial charge in [0.2, 0.25) is 0 Å². The van der Waals surface area contributed by atoms with Crippen molar-refractivity contribution in [3.8, 4) is 0 Å². The summed E-state index contributed by atoms with van der Waals surface area (Å²) >= 11 is 0. The molecule has 1 aliphatic carbocycles. The van der Waals surface area contributed by atoms with Gasteiger partial charge in [-0.15, -0.1) is 0 Å². The average molecular weight is 211 g/mol. The van der Waals surface area contributed by atoms with Crippen LogP contribution in [0.15, 0.2) is 0 Å². The molecule has 0 amide bonds. The number of hydrogen-bond acceptors (Lipinski definition) is 2. The summed E-state index contributed by atoms with van der Waals surface area (Å²) in [6.07, 6.45) is 5.97. The third kappa shape index (κ3) is 2.36. The SMILES string of the molecule is CN1C(C)(C)CC(OC2CC2)CC1(C)C. The minimum atomic E-state index is 0.265. The first-order valence-corrected chi connectivity index (χ1v) is 6.21. The molecule has 2 rings (SSSR count). The molecule has 1 saturated carbocycles. The Balaban J connectivity index is 2.04. The number of piperidine rings is 1. The van der Waals surface area contributed by atoms with E-state index < -0.39 is 0 Å². The number of likely N-dealkylation sites (tertiary alicyclic amines) is 1. The van der Waals surface area contributed by atoms with Crippen molar-refractivity contribution in [3.63, 3.8) is 0 Å². The third-order valence-electron chi connectivity index (χ3n) is 4.18. The molecule has 0 spiro atoms. The van der Waals surface area contributed by atoms with Crippen LogP contribution in [0.1, 0.15) is 53.4 Å². The van der Waals surface area contributed by atoms with Crippen LogP contribution >= 0.6 is 0 Å². The molecule has 0 unspecified atom stereocenters. The maximum atomic E-state index is 6.10. The Morgan fingerprint density at radius 2 is 1.40 bits per heavy atom. The Hall–Kier alpha value is -0.0800. The molecule has 2 fully saturated rings. The molecule has 0 N–H and O–H groups in total. The second kappa shape index (κ2) is 3.46. The standard InChI is InChI=1S/C13H25NO/c1-12(2)8-11(15-10-6-7-10)9-13(3,4)14(12)5/h10-11H,6-9H2,1-5H3. The van der Waals surface area contributed by atoms with Crippen LogP contribution in [-0.2, 0) is 4.74 Å². The summed E-state index contributed by atoms with van der Waals surface area (Å²) in [5.41, 5.74) is 0.530. The summed E-state index contributed by atoms with van der Waals surface area (Å²) in [5.74, 6) is 0. The summed E-state index contributed by atoms with van der Waals surface area (Å²) in [5, 5.41) is 0. The molecule has 0 bridgehead atoms. The van der Waals surface area contributed by atoms with Gasteiger partial charge in [-0.2, -0.15) is 0 Å². The van der Waals surface area contributed by atoms with Crippen LogP contribution in [0.4, 0.5) is 0 Å². The summed E-state index contributed by atoms with van der Waals surface area (Å²) in [6.45, 7) is 9.32. The summed E-state index contributed by atoms with van der Waals surface area (Å²) in [4.78, 5) is 2.51. The Morgan fingerprint density at radius 1 is 0.933 bits per heavy atom. The van der Waals surface area contributed by atoms with Gasteiger partial charge in [-0.25, -0.2) is 0 Å². The topological polar surface area (TPSA) is 12.5 Å². The number of nitrogens with zero attached hydrogens (tertiary/aromatic N) is 1. The Bertz CT molecular complexity index is 225. The fourth-order valence-corrected chi connectivity index (χ4v) is 2.85. The molecule has 0 radical (unpaired) electrons. The highest BCUT2D eigenvalue weighted by atomic mass is 16.5. The zero-order valence-electron chi connectivity index (χ0n) is 10.8. The van der Waals surface area contributed by atoms with Gasteiger partial charge in [0, 0.05) is 11.1 Å². The van der Waals surface area contributed by atoms with Crippen LogP contribution in [0, 0.1) is 0 Å². The lowest BCUT2D eigenvalue weighted by atomic mass is 9.79. The third-order valence-corrected chi connectivity index (χ3v) is 4.18. The van der Waals surface area contributed by atoms with E-state index in [4.69, 9.17) is 4.74 Å². The predicted molar refractivity (Wildman–Crippen MR) is 63.1 cm³/mol. The van der Waals surface area contributed by atoms with Crippen molar-refractivity contribution in [1.82, 2.24) is 4.90 Å². The molecule has 2 aliphatic rings. The molecule has 88 valence electrons. The van der Waals surface area contributed by atoms with Crippen molar-refractivity contribution in [1.29, 1.82) is 0 Å². The van der Waals surface area contributed by atoms with Crippen molar-refractivity contribution in [2.45, 2.75) is 76.7 Å². The van der Waals surface area contributed by atoms with Gasteiger partial charge in [0.05, 0.1) is 12.2 Å². The maximum absolute atomic E-state index is 6.10. The highest BCUT2D eigenvalue weighted by Crippen LogP contribution is 2.40. The quantitative estimate of drug-likeness (QED) is 0.696. The Morgan fingerprint density at radius 3 is 1.80 bits per heavy atom. The van der Waals surface area contributed by atoms with Gasteiger partial charge in [0.15, 0.2) is 0 Å². The Kier molecular flexibility index (Phi) is 2.63. The van der Waals surface area contributed by atoms with E-state index in [1.165, 1.54) is 25.7 Å². The van der Waals surface area contributed by atoms with Gasteiger partial charge in [-0.3, -0.25) is 4.90 Å². The van der Waals surface area contributed by atoms with E-state index in [0.29, 0.717) is 12.2 Å². The molecule has 1 saturated heterocycles. The number of rotatable bonds is 2. The molecular formula is C13H25NO. The van der Waals surface area contributed by atoms with Crippen molar-refractivity contribution < 1.29 is 4.74 Å². The zero-order valence-corrected chi connectivity index (χ0v) is 10.8. The monoisotopic (exact) mass is 211 g/mol. The second-order valence-electron chi connectivity index (χ2n) is 6.55. The van der Waals surface area contributed by atoms with E-state index in [1.807, 2.05) is 0 Å². The van der Waals surface area contributed by atoms with E-state index in [2.05, 4.69) is 39.6 Å². The summed E-state index contributed by atoms with van der Waals surface area (Å²) in [7, 11) is 2.24. The number of hydrogen-bond donors (Lipinski definition) is 0. The van der Waals surface area contributed by atoms with Crippen LogP contribution in [0.3, 0.4) is 0 Å². The van der Waals surface area contributed by atoms with Crippen molar-refractivity contribution >= 4 is 0 Å².